The van der Waals surface area contributed by atoms with Gasteiger partial charge in [-0.25, -0.2) is 9.88 Å². The summed E-state index contributed by atoms with van der Waals surface area (Å²) in [4.78, 5) is 15.8. The normalized spacial score (nSPS) is 22.0. The number of ether oxygens (including phenoxy) is 1. The second kappa shape index (κ2) is 13.8. The second-order valence-corrected chi connectivity index (χ2v) is 11.6. The number of nitrogens with two attached hydrogens (primary N) is 1. The lowest BCUT2D eigenvalue weighted by Gasteiger charge is -2.27. The van der Waals surface area contributed by atoms with Gasteiger partial charge in [-0.2, -0.15) is 4.98 Å². The van der Waals surface area contributed by atoms with Crippen molar-refractivity contribution in [1.29, 1.82) is 0 Å². The number of aliphatic hydroxyl groups excluding tert-OH is 3. The van der Waals surface area contributed by atoms with E-state index in [0.717, 1.165) is 5.56 Å². The first-order valence-corrected chi connectivity index (χ1v) is 13.8. The number of benzene rings is 1. The predicted octanol–water partition coefficient (Wildman–Crippen LogP) is 1.59. The molecule has 2 unspecified atom stereocenters. The fourth-order valence-electron chi connectivity index (χ4n) is 3.32. The lowest BCUT2D eigenvalue weighted by Crippen LogP contribution is -2.31. The Bertz CT molecular complexity index is 1000. The van der Waals surface area contributed by atoms with Gasteiger partial charge in [0.15, 0.2) is 6.23 Å². The average Bonchev–Trinajstić information content (AvgIpc) is 3.23. The van der Waals surface area contributed by atoms with Crippen molar-refractivity contribution in [3.05, 3.63) is 58.6 Å². The molecule has 3 rings (SSSR count). The van der Waals surface area contributed by atoms with Crippen LogP contribution in [0.1, 0.15) is 32.1 Å². The maximum Gasteiger partial charge on any atom is 0.351 e. The van der Waals surface area contributed by atoms with Gasteiger partial charge in [0, 0.05) is 30.3 Å². The van der Waals surface area contributed by atoms with Gasteiger partial charge in [0.1, 0.15) is 17.4 Å². The summed E-state index contributed by atoms with van der Waals surface area (Å²) < 4.78 is 19.0. The maximum absolute atomic E-state index is 12.1. The Morgan fingerprint density at radius 1 is 1.33 bits per heavy atom. The predicted molar refractivity (Wildman–Crippen MR) is 139 cm³/mol. The number of hydrogen-bond acceptors (Lipinski definition) is 11. The molecule has 1 saturated heterocycles. The number of nitrogens with zero attached hydrogens (tertiary/aromatic N) is 2. The van der Waals surface area contributed by atoms with Crippen LogP contribution in [0.15, 0.2) is 47.4 Å². The van der Waals surface area contributed by atoms with Crippen molar-refractivity contribution in [3.63, 3.8) is 0 Å². The van der Waals surface area contributed by atoms with Gasteiger partial charge in [-0.1, -0.05) is 44.2 Å². The summed E-state index contributed by atoms with van der Waals surface area (Å²) in [6, 6.07) is 11.3. The van der Waals surface area contributed by atoms with Gasteiger partial charge < -0.3 is 34.8 Å². The molecule has 0 spiro atoms. The zero-order valence-corrected chi connectivity index (χ0v) is 22.1. The Labute approximate surface area is 216 Å². The van der Waals surface area contributed by atoms with E-state index >= 15 is 0 Å². The molecule has 1 aliphatic rings. The van der Waals surface area contributed by atoms with Crippen LogP contribution in [-0.2, 0) is 20.3 Å². The third kappa shape index (κ3) is 8.47. The van der Waals surface area contributed by atoms with E-state index in [1.54, 1.807) is 13.8 Å². The molecule has 6 N–H and O–H groups in total. The number of aliphatic hydroxyl groups is 3. The highest BCUT2D eigenvalue weighted by Gasteiger charge is 2.36. The Morgan fingerprint density at radius 2 is 2.08 bits per heavy atom. The van der Waals surface area contributed by atoms with Crippen LogP contribution in [-0.4, -0.2) is 68.1 Å². The van der Waals surface area contributed by atoms with E-state index in [2.05, 4.69) is 10.1 Å². The molecule has 2 heterocycles. The van der Waals surface area contributed by atoms with Gasteiger partial charge >= 0.3 is 5.69 Å². The van der Waals surface area contributed by atoms with Crippen LogP contribution in [0.25, 0.3) is 0 Å². The molecule has 200 valence electrons. The molecule has 0 aliphatic carbocycles. The number of hydrogen-bond donors (Lipinski definition) is 5. The van der Waals surface area contributed by atoms with Crippen LogP contribution >= 0.6 is 20.3 Å². The number of nitrogens with one attached hydrogen (secondary N) is 1. The summed E-state index contributed by atoms with van der Waals surface area (Å²) in [5, 5.41) is 33.4. The Morgan fingerprint density at radius 3 is 2.78 bits per heavy atom. The highest BCUT2D eigenvalue weighted by atomic mass is 32.2. The molecule has 11 nitrogen and oxygen atoms in total. The van der Waals surface area contributed by atoms with Crippen molar-refractivity contribution in [2.75, 3.05) is 31.3 Å². The second-order valence-electron chi connectivity index (χ2n) is 9.07. The van der Waals surface area contributed by atoms with Crippen LogP contribution in [0.5, 0.6) is 0 Å². The highest BCUT2D eigenvalue weighted by Crippen LogP contribution is 2.37. The van der Waals surface area contributed by atoms with E-state index in [1.165, 1.54) is 28.6 Å². The molecule has 2 aromatic rings. The van der Waals surface area contributed by atoms with E-state index in [-0.39, 0.29) is 25.5 Å². The molecule has 1 fully saturated rings. The largest absolute Gasteiger partial charge is 0.396 e. The summed E-state index contributed by atoms with van der Waals surface area (Å²) in [5.74, 6) is 0.606. The Kier molecular flexibility index (Phi) is 11.1. The van der Waals surface area contributed by atoms with Crippen molar-refractivity contribution >= 4 is 26.1 Å². The zero-order valence-electron chi connectivity index (χ0n) is 20.4. The minimum absolute atomic E-state index is 0.0986. The van der Waals surface area contributed by atoms with E-state index in [1.807, 2.05) is 30.3 Å². The minimum atomic E-state index is -1.51. The standard InChI is InChI=1S/C23H35N4O7PS/c1-23(2,15-28)21(30)36-11-10-32-35(25-13-16-6-4-3-5-7-16)33-14-17-12-18(29)20(34-17)27-9-8-19(24)26-22(27)31/h3-9,17-18,20-21,25,28-30H,10-15H2,1-2H3,(H2,24,26,31)/t17-,18-,20+,21?,35?/m0/s1. The van der Waals surface area contributed by atoms with Crippen LogP contribution in [0, 0.1) is 5.41 Å². The highest BCUT2D eigenvalue weighted by molar-refractivity contribution is 7.99. The fourth-order valence-corrected chi connectivity index (χ4v) is 5.50. The van der Waals surface area contributed by atoms with Crippen molar-refractivity contribution in [3.8, 4) is 0 Å². The first kappa shape index (κ1) is 29.0. The van der Waals surface area contributed by atoms with Crippen LogP contribution in [0.3, 0.4) is 0 Å². The first-order chi connectivity index (χ1) is 17.2. The van der Waals surface area contributed by atoms with Gasteiger partial charge in [0.25, 0.3) is 8.53 Å². The Hall–Kier alpha value is -1.60. The van der Waals surface area contributed by atoms with Crippen molar-refractivity contribution < 1.29 is 29.1 Å². The molecule has 5 atom stereocenters. The Balaban J connectivity index is 1.53. The van der Waals surface area contributed by atoms with Crippen LogP contribution in [0.4, 0.5) is 5.82 Å². The molecule has 0 bridgehead atoms. The molecular formula is C23H35N4O7PS. The lowest BCUT2D eigenvalue weighted by molar-refractivity contribution is -0.0504. The average molecular weight is 543 g/mol. The molecule has 1 aromatic heterocycles. The first-order valence-electron chi connectivity index (χ1n) is 11.6. The summed E-state index contributed by atoms with van der Waals surface area (Å²) in [6.07, 6.45) is -0.510. The number of nitrogen functional groups attached to an aromatic ring is 1. The third-order valence-electron chi connectivity index (χ3n) is 5.57. The van der Waals surface area contributed by atoms with Gasteiger partial charge in [-0.3, -0.25) is 4.57 Å². The third-order valence-corrected chi connectivity index (χ3v) is 8.14. The minimum Gasteiger partial charge on any atom is -0.396 e. The van der Waals surface area contributed by atoms with E-state index in [0.29, 0.717) is 18.9 Å². The smallest absolute Gasteiger partial charge is 0.351 e. The zero-order chi connectivity index (χ0) is 26.1. The lowest BCUT2D eigenvalue weighted by atomic mass is 9.96. The van der Waals surface area contributed by atoms with Crippen LogP contribution < -0.4 is 16.5 Å². The van der Waals surface area contributed by atoms with E-state index in [9.17, 15) is 20.1 Å². The molecular weight excluding hydrogens is 507 g/mol. The molecule has 36 heavy (non-hydrogen) atoms. The van der Waals surface area contributed by atoms with Crippen LogP contribution in [0.2, 0.25) is 0 Å². The van der Waals surface area contributed by atoms with Gasteiger partial charge in [0.2, 0.25) is 0 Å². The van der Waals surface area contributed by atoms with Crippen molar-refractivity contribution in [1.82, 2.24) is 14.6 Å². The molecule has 1 aromatic carbocycles. The van der Waals surface area contributed by atoms with Gasteiger partial charge in [-0.15, -0.1) is 11.8 Å². The van der Waals surface area contributed by atoms with E-state index < -0.39 is 43.5 Å². The number of aromatic nitrogens is 2. The molecule has 0 radical (unpaired) electrons. The van der Waals surface area contributed by atoms with Crippen molar-refractivity contribution in [2.45, 2.75) is 50.7 Å². The molecule has 0 saturated carbocycles. The van der Waals surface area contributed by atoms with Crippen molar-refractivity contribution in [2.24, 2.45) is 5.41 Å². The van der Waals surface area contributed by atoms with Gasteiger partial charge in [-0.05, 0) is 11.6 Å². The maximum atomic E-state index is 12.1. The summed E-state index contributed by atoms with van der Waals surface area (Å²) >= 11 is 1.30. The SMILES string of the molecule is CC(C)(CO)C(O)SCCOP(NCc1ccccc1)OC[C@@H]1C[C@H](O)[C@H](n2ccc(N)nc2=O)O1. The molecule has 13 heteroatoms. The van der Waals surface area contributed by atoms with E-state index in [4.69, 9.17) is 19.5 Å². The topological polar surface area (TPSA) is 161 Å². The number of anilines is 1. The molecule has 1 aliphatic heterocycles. The molecule has 0 amide bonds. The summed E-state index contributed by atoms with van der Waals surface area (Å²) in [7, 11) is -1.51. The monoisotopic (exact) mass is 542 g/mol. The fraction of sp³-hybridized carbons (Fsp3) is 0.565. The number of thioether (sulfide) groups is 1. The quantitative estimate of drug-likeness (QED) is 0.134. The van der Waals surface area contributed by atoms with Gasteiger partial charge in [0.05, 0.1) is 25.9 Å². The summed E-state index contributed by atoms with van der Waals surface area (Å²) in [5.41, 5.74) is 4.66. The summed E-state index contributed by atoms with van der Waals surface area (Å²) in [6.45, 7) is 4.46. The number of rotatable bonds is 14.